The fourth-order valence-electron chi connectivity index (χ4n) is 4.87. The summed E-state index contributed by atoms with van der Waals surface area (Å²) < 4.78 is 8.83. The van der Waals surface area contributed by atoms with Gasteiger partial charge in [-0.15, -0.1) is 11.3 Å². The molecule has 3 aromatic heterocycles. The molecule has 5 heterocycles. The number of piperidine rings is 1. The first-order chi connectivity index (χ1) is 19.4. The number of carbonyl (C=O) groups excluding carboxylic acids is 1. The maximum atomic E-state index is 11.8. The van der Waals surface area contributed by atoms with Gasteiger partial charge in [-0.3, -0.25) is 9.69 Å². The van der Waals surface area contributed by atoms with Gasteiger partial charge in [-0.05, 0) is 49.9 Å². The smallest absolute Gasteiger partial charge is 0.335 e. The Morgan fingerprint density at radius 3 is 2.46 bits per heavy atom. The Morgan fingerprint density at radius 2 is 1.85 bits per heavy atom. The number of pyridine rings is 1. The SMILES string of the molecule is Cc1nn(-c2ncccc2C(N)=O)cc1CN1CCC2(CC1)OCCc1cc(Cl)sc12.O=C(O)[C@H](O)[C@@H](O)C(=O)O. The molecule has 2 aliphatic heterocycles. The van der Waals surface area contributed by atoms with Crippen molar-refractivity contribution < 1.29 is 39.5 Å². The number of carboxylic acid groups (broad SMARTS) is 2. The summed E-state index contributed by atoms with van der Waals surface area (Å²) in [4.78, 5) is 39.4. The summed E-state index contributed by atoms with van der Waals surface area (Å²) in [6.07, 6.45) is 1.91. The lowest BCUT2D eigenvalue weighted by Crippen LogP contribution is -2.45. The first-order valence-corrected chi connectivity index (χ1v) is 13.9. The zero-order valence-electron chi connectivity index (χ0n) is 22.1. The van der Waals surface area contributed by atoms with Gasteiger partial charge < -0.3 is 30.9 Å². The van der Waals surface area contributed by atoms with E-state index in [2.05, 4.69) is 21.0 Å². The number of fused-ring (bicyclic) bond motifs is 2. The van der Waals surface area contributed by atoms with Crippen molar-refractivity contribution in [1.29, 1.82) is 0 Å². The highest BCUT2D eigenvalue weighted by atomic mass is 35.5. The van der Waals surface area contributed by atoms with Gasteiger partial charge in [0.25, 0.3) is 5.91 Å². The molecule has 13 nitrogen and oxygen atoms in total. The van der Waals surface area contributed by atoms with E-state index < -0.39 is 30.1 Å². The highest BCUT2D eigenvalue weighted by Crippen LogP contribution is 2.46. The summed E-state index contributed by atoms with van der Waals surface area (Å²) in [6, 6.07) is 5.47. The zero-order chi connectivity index (χ0) is 29.9. The van der Waals surface area contributed by atoms with Crippen LogP contribution in [0.4, 0.5) is 0 Å². The second-order valence-electron chi connectivity index (χ2n) is 9.76. The van der Waals surface area contributed by atoms with Crippen LogP contribution in [0.1, 0.15) is 44.9 Å². The van der Waals surface area contributed by atoms with Crippen LogP contribution in [0.3, 0.4) is 0 Å². The van der Waals surface area contributed by atoms with Crippen molar-refractivity contribution >= 4 is 40.8 Å². The van der Waals surface area contributed by atoms with Crippen molar-refractivity contribution in [3.05, 3.63) is 62.2 Å². The second kappa shape index (κ2) is 12.6. The number of hydrogen-bond acceptors (Lipinski definition) is 10. The van der Waals surface area contributed by atoms with Crippen LogP contribution in [-0.2, 0) is 32.9 Å². The molecule has 0 aromatic carbocycles. The molecule has 0 aliphatic carbocycles. The Hall–Kier alpha value is -3.40. The van der Waals surface area contributed by atoms with Gasteiger partial charge in [0, 0.05) is 42.5 Å². The van der Waals surface area contributed by atoms with E-state index in [0.717, 1.165) is 61.1 Å². The molecule has 41 heavy (non-hydrogen) atoms. The minimum atomic E-state index is -2.27. The number of carboxylic acids is 2. The van der Waals surface area contributed by atoms with Crippen LogP contribution in [0, 0.1) is 6.92 Å². The molecular weight excluding hydrogens is 578 g/mol. The van der Waals surface area contributed by atoms with Crippen LogP contribution < -0.4 is 5.73 Å². The molecule has 220 valence electrons. The van der Waals surface area contributed by atoms with Crippen LogP contribution in [0.5, 0.6) is 0 Å². The molecule has 2 atom stereocenters. The lowest BCUT2D eigenvalue weighted by atomic mass is 9.85. The number of aliphatic hydroxyl groups is 2. The number of aliphatic carboxylic acids is 2. The number of nitrogens with zero attached hydrogens (tertiary/aromatic N) is 4. The Labute approximate surface area is 243 Å². The quantitative estimate of drug-likeness (QED) is 0.259. The van der Waals surface area contributed by atoms with E-state index in [0.29, 0.717) is 11.4 Å². The number of amides is 1. The minimum absolute atomic E-state index is 0.189. The summed E-state index contributed by atoms with van der Waals surface area (Å²) in [5, 5.41) is 37.1. The summed E-state index contributed by atoms with van der Waals surface area (Å²) >= 11 is 7.97. The minimum Gasteiger partial charge on any atom is -0.479 e. The number of thiophene rings is 1. The number of carbonyl (C=O) groups is 3. The molecule has 0 radical (unpaired) electrons. The van der Waals surface area contributed by atoms with Gasteiger partial charge in [0.05, 0.1) is 22.2 Å². The number of likely N-dealkylation sites (tertiary alicyclic amines) is 1. The molecular formula is C26H30ClN5O8S. The maximum Gasteiger partial charge on any atom is 0.335 e. The van der Waals surface area contributed by atoms with Crippen molar-refractivity contribution in [3.8, 4) is 5.82 Å². The number of halogens is 1. The molecule has 0 bridgehead atoms. The molecule has 6 N–H and O–H groups in total. The summed E-state index contributed by atoms with van der Waals surface area (Å²) in [5.74, 6) is -3.59. The lowest BCUT2D eigenvalue weighted by molar-refractivity contribution is -0.165. The number of aryl methyl sites for hydroxylation is 1. The van der Waals surface area contributed by atoms with Crippen molar-refractivity contribution in [2.24, 2.45) is 5.73 Å². The predicted molar refractivity (Wildman–Crippen MR) is 147 cm³/mol. The Morgan fingerprint density at radius 1 is 1.20 bits per heavy atom. The molecule has 0 saturated carbocycles. The van der Waals surface area contributed by atoms with Crippen molar-refractivity contribution in [2.75, 3.05) is 19.7 Å². The third kappa shape index (κ3) is 6.74. The third-order valence-electron chi connectivity index (χ3n) is 7.08. The number of hydrogen-bond donors (Lipinski definition) is 5. The zero-order valence-corrected chi connectivity index (χ0v) is 23.6. The number of aromatic nitrogens is 3. The standard InChI is InChI=1S/C22H24ClN5O2S.C4H6O6/c1-14-16(13-28(26-14)21-17(20(24)29)3-2-7-25-21)12-27-8-5-22(6-9-27)19-15(4-10-30-22)11-18(23)31-19;5-1(3(7)8)2(6)4(9)10/h2-3,7,11,13H,4-6,8-10,12H2,1H3,(H2,24,29);1-2,5-6H,(H,7,8)(H,9,10)/t;1-,2-/m.1/s1. The number of ether oxygens (including phenoxy) is 1. The molecule has 15 heteroatoms. The van der Waals surface area contributed by atoms with Crippen LogP contribution >= 0.6 is 22.9 Å². The number of aliphatic hydroxyl groups excluding tert-OH is 2. The van der Waals surface area contributed by atoms with E-state index in [1.54, 1.807) is 34.3 Å². The summed E-state index contributed by atoms with van der Waals surface area (Å²) in [7, 11) is 0. The Balaban J connectivity index is 0.000000334. The van der Waals surface area contributed by atoms with Crippen LogP contribution in [0.2, 0.25) is 4.34 Å². The first kappa shape index (κ1) is 30.6. The van der Waals surface area contributed by atoms with Crippen molar-refractivity contribution in [2.45, 2.75) is 50.5 Å². The number of primary amides is 1. The van der Waals surface area contributed by atoms with Gasteiger partial charge in [0.2, 0.25) is 0 Å². The third-order valence-corrected chi connectivity index (χ3v) is 8.57. The van der Waals surface area contributed by atoms with Gasteiger partial charge in [-0.2, -0.15) is 5.10 Å². The van der Waals surface area contributed by atoms with E-state index in [-0.39, 0.29) is 5.60 Å². The number of rotatable bonds is 7. The molecule has 5 rings (SSSR count). The molecule has 0 unspecified atom stereocenters. The van der Waals surface area contributed by atoms with E-state index in [4.69, 9.17) is 42.5 Å². The Kier molecular flexibility index (Phi) is 9.41. The van der Waals surface area contributed by atoms with E-state index in [1.807, 2.05) is 13.1 Å². The topological polar surface area (TPSA) is 201 Å². The molecule has 1 fully saturated rings. The Bertz CT molecular complexity index is 1420. The lowest BCUT2D eigenvalue weighted by Gasteiger charge is -2.43. The predicted octanol–water partition coefficient (Wildman–Crippen LogP) is 1.33. The average molecular weight is 608 g/mol. The fourth-order valence-corrected chi connectivity index (χ4v) is 6.37. The van der Waals surface area contributed by atoms with E-state index >= 15 is 0 Å². The molecule has 2 aliphatic rings. The van der Waals surface area contributed by atoms with E-state index in [1.165, 1.54) is 10.4 Å². The molecule has 1 spiro atoms. The van der Waals surface area contributed by atoms with Gasteiger partial charge in [-0.25, -0.2) is 19.3 Å². The highest BCUT2D eigenvalue weighted by molar-refractivity contribution is 7.16. The van der Waals surface area contributed by atoms with Gasteiger partial charge in [0.1, 0.15) is 5.60 Å². The molecule has 1 saturated heterocycles. The summed E-state index contributed by atoms with van der Waals surface area (Å²) in [5.41, 5.74) is 9.06. The fraction of sp³-hybridized carbons (Fsp3) is 0.423. The van der Waals surface area contributed by atoms with Crippen LogP contribution in [0.15, 0.2) is 30.6 Å². The summed E-state index contributed by atoms with van der Waals surface area (Å²) in [6.45, 7) is 5.41. The van der Waals surface area contributed by atoms with Crippen LogP contribution in [0.25, 0.3) is 5.82 Å². The maximum absolute atomic E-state index is 11.8. The molecule has 3 aromatic rings. The molecule has 1 amide bonds. The second-order valence-corrected chi connectivity index (χ2v) is 11.4. The van der Waals surface area contributed by atoms with E-state index in [9.17, 15) is 14.4 Å². The van der Waals surface area contributed by atoms with Crippen molar-refractivity contribution in [3.63, 3.8) is 0 Å². The number of nitrogens with two attached hydrogens (primary N) is 1. The monoisotopic (exact) mass is 607 g/mol. The van der Waals surface area contributed by atoms with Gasteiger partial charge in [-0.1, -0.05) is 11.6 Å². The first-order valence-electron chi connectivity index (χ1n) is 12.7. The van der Waals surface area contributed by atoms with Crippen molar-refractivity contribution in [1.82, 2.24) is 19.7 Å². The van der Waals surface area contributed by atoms with Gasteiger partial charge >= 0.3 is 11.9 Å². The largest absolute Gasteiger partial charge is 0.479 e. The highest BCUT2D eigenvalue weighted by Gasteiger charge is 2.42. The average Bonchev–Trinajstić information content (AvgIpc) is 3.51. The normalized spacial score (nSPS) is 17.7. The van der Waals surface area contributed by atoms with Crippen LogP contribution in [-0.4, -0.2) is 89.8 Å². The van der Waals surface area contributed by atoms with Gasteiger partial charge in [0.15, 0.2) is 18.0 Å².